The van der Waals surface area contributed by atoms with Gasteiger partial charge in [0, 0.05) is 55.9 Å². The SMILES string of the molecule is CCc1ccc(C(=O)N2CCN(C(=O)c3csc(-c4cnn(C)c4)n3)CC2)cc1. The van der Waals surface area contributed by atoms with E-state index in [1.807, 2.05) is 42.4 Å². The average Bonchev–Trinajstić information content (AvgIpc) is 3.42. The van der Waals surface area contributed by atoms with Gasteiger partial charge in [-0.25, -0.2) is 4.98 Å². The molecule has 0 bridgehead atoms. The fourth-order valence-electron chi connectivity index (χ4n) is 3.38. The lowest BCUT2D eigenvalue weighted by atomic mass is 10.1. The van der Waals surface area contributed by atoms with Crippen LogP contribution >= 0.6 is 11.3 Å². The maximum absolute atomic E-state index is 12.8. The third-order valence-corrected chi connectivity index (χ3v) is 6.03. The average molecular weight is 410 g/mol. The third-order valence-electron chi connectivity index (χ3n) is 5.14. The lowest BCUT2D eigenvalue weighted by Gasteiger charge is -2.34. The fraction of sp³-hybridized carbons (Fsp3) is 0.333. The molecule has 3 aromatic rings. The van der Waals surface area contributed by atoms with Gasteiger partial charge in [-0.05, 0) is 24.1 Å². The Labute approximate surface area is 173 Å². The van der Waals surface area contributed by atoms with Gasteiger partial charge >= 0.3 is 0 Å². The Morgan fingerprint density at radius 3 is 2.28 bits per heavy atom. The molecule has 2 aromatic heterocycles. The van der Waals surface area contributed by atoms with Gasteiger partial charge in [-0.15, -0.1) is 11.3 Å². The molecule has 7 nitrogen and oxygen atoms in total. The van der Waals surface area contributed by atoms with Crippen molar-refractivity contribution >= 4 is 23.2 Å². The molecular formula is C21H23N5O2S. The topological polar surface area (TPSA) is 71.3 Å². The zero-order chi connectivity index (χ0) is 20.4. The Balaban J connectivity index is 1.37. The molecule has 0 N–H and O–H groups in total. The van der Waals surface area contributed by atoms with Crippen LogP contribution in [0, 0.1) is 0 Å². The number of carbonyl (C=O) groups excluding carboxylic acids is 2. The summed E-state index contributed by atoms with van der Waals surface area (Å²) in [6.07, 6.45) is 4.57. The zero-order valence-electron chi connectivity index (χ0n) is 16.5. The number of amides is 2. The van der Waals surface area contributed by atoms with Gasteiger partial charge in [0.25, 0.3) is 11.8 Å². The molecule has 1 fully saturated rings. The molecule has 0 saturated carbocycles. The number of aromatic nitrogens is 3. The van der Waals surface area contributed by atoms with Crippen LogP contribution in [0.5, 0.6) is 0 Å². The van der Waals surface area contributed by atoms with Gasteiger partial charge in [-0.1, -0.05) is 19.1 Å². The quantitative estimate of drug-likeness (QED) is 0.664. The van der Waals surface area contributed by atoms with Crippen molar-refractivity contribution in [3.63, 3.8) is 0 Å². The number of piperazine rings is 1. The van der Waals surface area contributed by atoms with Crippen LogP contribution in [-0.4, -0.2) is 62.6 Å². The van der Waals surface area contributed by atoms with E-state index >= 15 is 0 Å². The first-order chi connectivity index (χ1) is 14.0. The van der Waals surface area contributed by atoms with E-state index in [0.29, 0.717) is 37.4 Å². The smallest absolute Gasteiger partial charge is 0.273 e. The van der Waals surface area contributed by atoms with E-state index in [4.69, 9.17) is 0 Å². The van der Waals surface area contributed by atoms with Crippen LogP contribution in [0.2, 0.25) is 0 Å². The summed E-state index contributed by atoms with van der Waals surface area (Å²) in [6.45, 7) is 4.17. The molecule has 0 atom stereocenters. The number of rotatable bonds is 4. The number of thiazole rings is 1. The molecule has 0 aliphatic carbocycles. The van der Waals surface area contributed by atoms with E-state index in [0.717, 1.165) is 17.0 Å². The molecule has 150 valence electrons. The van der Waals surface area contributed by atoms with Gasteiger partial charge < -0.3 is 9.80 Å². The van der Waals surface area contributed by atoms with Crippen molar-refractivity contribution in [2.45, 2.75) is 13.3 Å². The largest absolute Gasteiger partial charge is 0.335 e. The highest BCUT2D eigenvalue weighted by Crippen LogP contribution is 2.24. The number of hydrogen-bond acceptors (Lipinski definition) is 5. The minimum Gasteiger partial charge on any atom is -0.335 e. The van der Waals surface area contributed by atoms with E-state index in [2.05, 4.69) is 17.0 Å². The second-order valence-electron chi connectivity index (χ2n) is 7.08. The van der Waals surface area contributed by atoms with Crippen molar-refractivity contribution in [2.24, 2.45) is 7.05 Å². The number of benzene rings is 1. The molecule has 1 aliphatic rings. The fourth-order valence-corrected chi connectivity index (χ4v) is 4.15. The molecule has 4 rings (SSSR count). The van der Waals surface area contributed by atoms with Crippen LogP contribution in [0.4, 0.5) is 0 Å². The second kappa shape index (κ2) is 8.16. The molecule has 1 aliphatic heterocycles. The van der Waals surface area contributed by atoms with Gasteiger partial charge in [0.15, 0.2) is 0 Å². The summed E-state index contributed by atoms with van der Waals surface area (Å²) in [5, 5.41) is 6.72. The summed E-state index contributed by atoms with van der Waals surface area (Å²) in [6, 6.07) is 7.76. The van der Waals surface area contributed by atoms with E-state index in [1.165, 1.54) is 16.9 Å². The van der Waals surface area contributed by atoms with E-state index in [-0.39, 0.29) is 11.8 Å². The first-order valence-electron chi connectivity index (χ1n) is 9.67. The van der Waals surface area contributed by atoms with E-state index in [1.54, 1.807) is 21.2 Å². The van der Waals surface area contributed by atoms with Gasteiger partial charge in [-0.3, -0.25) is 14.3 Å². The highest BCUT2D eigenvalue weighted by molar-refractivity contribution is 7.13. The number of nitrogens with zero attached hydrogens (tertiary/aromatic N) is 5. The molecule has 29 heavy (non-hydrogen) atoms. The molecule has 1 aromatic carbocycles. The number of hydrogen-bond donors (Lipinski definition) is 0. The minimum atomic E-state index is -0.0872. The van der Waals surface area contributed by atoms with Crippen molar-refractivity contribution in [3.8, 4) is 10.6 Å². The standard InChI is InChI=1S/C21H23N5O2S/c1-3-15-4-6-16(7-5-15)20(27)25-8-10-26(11-9-25)21(28)18-14-29-19(23-18)17-12-22-24(2)13-17/h4-7,12-14H,3,8-11H2,1-2H3. The lowest BCUT2D eigenvalue weighted by molar-refractivity contribution is 0.0533. The lowest BCUT2D eigenvalue weighted by Crippen LogP contribution is -2.50. The maximum Gasteiger partial charge on any atom is 0.273 e. The van der Waals surface area contributed by atoms with Gasteiger partial charge in [-0.2, -0.15) is 5.10 Å². The van der Waals surface area contributed by atoms with Crippen molar-refractivity contribution in [2.75, 3.05) is 26.2 Å². The summed E-state index contributed by atoms with van der Waals surface area (Å²) < 4.78 is 1.71. The number of aryl methyl sites for hydroxylation is 2. The summed E-state index contributed by atoms with van der Waals surface area (Å²) in [5.41, 5.74) is 3.26. The molecule has 0 radical (unpaired) electrons. The molecule has 0 spiro atoms. The summed E-state index contributed by atoms with van der Waals surface area (Å²) >= 11 is 1.44. The Hall–Kier alpha value is -3.00. The van der Waals surface area contributed by atoms with Crippen LogP contribution < -0.4 is 0 Å². The van der Waals surface area contributed by atoms with Crippen molar-refractivity contribution in [1.82, 2.24) is 24.6 Å². The summed E-state index contributed by atoms with van der Waals surface area (Å²) in [7, 11) is 1.85. The van der Waals surface area contributed by atoms with Crippen LogP contribution in [-0.2, 0) is 13.5 Å². The predicted molar refractivity (Wildman–Crippen MR) is 112 cm³/mol. The second-order valence-corrected chi connectivity index (χ2v) is 7.93. The van der Waals surface area contributed by atoms with Crippen molar-refractivity contribution in [1.29, 1.82) is 0 Å². The Morgan fingerprint density at radius 1 is 1.03 bits per heavy atom. The Kier molecular flexibility index (Phi) is 5.44. The van der Waals surface area contributed by atoms with Gasteiger partial charge in [0.05, 0.1) is 6.20 Å². The van der Waals surface area contributed by atoms with Gasteiger partial charge in [0.1, 0.15) is 10.7 Å². The van der Waals surface area contributed by atoms with Crippen LogP contribution in [0.15, 0.2) is 42.0 Å². The summed E-state index contributed by atoms with van der Waals surface area (Å²) in [4.78, 5) is 33.6. The van der Waals surface area contributed by atoms with E-state index < -0.39 is 0 Å². The highest BCUT2D eigenvalue weighted by atomic mass is 32.1. The Bertz CT molecular complexity index is 1020. The zero-order valence-corrected chi connectivity index (χ0v) is 17.4. The molecule has 8 heteroatoms. The minimum absolute atomic E-state index is 0.0206. The first kappa shape index (κ1) is 19.3. The first-order valence-corrected chi connectivity index (χ1v) is 10.5. The van der Waals surface area contributed by atoms with Crippen molar-refractivity contribution in [3.05, 3.63) is 58.9 Å². The summed E-state index contributed by atoms with van der Waals surface area (Å²) in [5.74, 6) is -0.0666. The third kappa shape index (κ3) is 4.07. The molecular weight excluding hydrogens is 386 g/mol. The van der Waals surface area contributed by atoms with Crippen molar-refractivity contribution < 1.29 is 9.59 Å². The van der Waals surface area contributed by atoms with Gasteiger partial charge in [0.2, 0.25) is 0 Å². The molecule has 1 saturated heterocycles. The highest BCUT2D eigenvalue weighted by Gasteiger charge is 2.26. The monoisotopic (exact) mass is 409 g/mol. The van der Waals surface area contributed by atoms with Crippen LogP contribution in [0.25, 0.3) is 10.6 Å². The number of carbonyl (C=O) groups is 2. The normalized spacial score (nSPS) is 14.3. The van der Waals surface area contributed by atoms with E-state index in [9.17, 15) is 9.59 Å². The Morgan fingerprint density at radius 2 is 1.69 bits per heavy atom. The predicted octanol–water partition coefficient (Wildman–Crippen LogP) is 2.70. The molecule has 0 unspecified atom stereocenters. The molecule has 3 heterocycles. The maximum atomic E-state index is 12.8. The van der Waals surface area contributed by atoms with Crippen LogP contribution in [0.3, 0.4) is 0 Å². The molecule has 2 amide bonds. The van der Waals surface area contributed by atoms with Crippen LogP contribution in [0.1, 0.15) is 33.3 Å².